The molecular weight excluding hydrogens is 388 g/mol. The number of likely N-dealkylation sites (tertiary alicyclic amines) is 1. The Morgan fingerprint density at radius 2 is 1.74 bits per heavy atom. The van der Waals surface area contributed by atoms with E-state index in [0.717, 1.165) is 41.3 Å². The minimum Gasteiger partial charge on any atom is -0.440 e. The lowest BCUT2D eigenvalue weighted by molar-refractivity contribution is 0.0706. The van der Waals surface area contributed by atoms with Crippen LogP contribution in [0.3, 0.4) is 0 Å². The molecule has 0 N–H and O–H groups in total. The van der Waals surface area contributed by atoms with Crippen molar-refractivity contribution in [3.05, 3.63) is 84.4 Å². The number of benzene rings is 2. The van der Waals surface area contributed by atoms with Gasteiger partial charge in [0.25, 0.3) is 5.91 Å². The second-order valence-electron chi connectivity index (χ2n) is 7.89. The number of anilines is 2. The maximum atomic E-state index is 13.0. The molecule has 1 aliphatic rings. The number of oxazole rings is 1. The molecule has 6 nitrogen and oxygen atoms in total. The van der Waals surface area contributed by atoms with E-state index in [-0.39, 0.29) is 11.8 Å². The van der Waals surface area contributed by atoms with Crippen molar-refractivity contribution in [1.82, 2.24) is 14.9 Å². The van der Waals surface area contributed by atoms with Crippen molar-refractivity contribution in [2.75, 3.05) is 25.0 Å². The van der Waals surface area contributed by atoms with Crippen LogP contribution in [-0.4, -0.2) is 40.9 Å². The molecule has 5 rings (SSSR count). The molecule has 1 amide bonds. The fourth-order valence-electron chi connectivity index (χ4n) is 4.07. The third-order valence-electron chi connectivity index (χ3n) is 5.92. The van der Waals surface area contributed by atoms with Crippen LogP contribution < -0.4 is 4.90 Å². The lowest BCUT2D eigenvalue weighted by Crippen LogP contribution is -2.38. The molecule has 0 saturated carbocycles. The fraction of sp³-hybridized carbons (Fsp3) is 0.240. The number of hydrogen-bond donors (Lipinski definition) is 0. The number of fused-ring (bicyclic) bond motifs is 1. The van der Waals surface area contributed by atoms with Crippen molar-refractivity contribution >= 4 is 28.5 Å². The summed E-state index contributed by atoms with van der Waals surface area (Å²) in [5, 5.41) is 0. The van der Waals surface area contributed by atoms with Gasteiger partial charge in [0, 0.05) is 37.9 Å². The zero-order chi connectivity index (χ0) is 21.2. The first-order valence-corrected chi connectivity index (χ1v) is 10.6. The minimum absolute atomic E-state index is 0.0254. The van der Waals surface area contributed by atoms with Crippen LogP contribution >= 0.6 is 0 Å². The molecule has 4 aromatic rings. The number of para-hydroxylation sites is 3. The summed E-state index contributed by atoms with van der Waals surface area (Å²) in [7, 11) is 1.97. The van der Waals surface area contributed by atoms with Crippen LogP contribution in [0.4, 0.5) is 11.5 Å². The zero-order valence-electron chi connectivity index (χ0n) is 17.4. The van der Waals surface area contributed by atoms with E-state index in [2.05, 4.69) is 9.97 Å². The molecule has 1 aliphatic heterocycles. The van der Waals surface area contributed by atoms with E-state index < -0.39 is 0 Å². The van der Waals surface area contributed by atoms with Gasteiger partial charge in [0.1, 0.15) is 11.3 Å². The Hall–Kier alpha value is -3.67. The van der Waals surface area contributed by atoms with Crippen molar-refractivity contribution < 1.29 is 9.21 Å². The quantitative estimate of drug-likeness (QED) is 0.471. The van der Waals surface area contributed by atoms with E-state index in [1.165, 1.54) is 0 Å². The Kier molecular flexibility index (Phi) is 5.12. The van der Waals surface area contributed by atoms with E-state index in [0.29, 0.717) is 18.7 Å². The number of pyridine rings is 1. The molecule has 2 aromatic carbocycles. The number of hydrogen-bond acceptors (Lipinski definition) is 5. The Morgan fingerprint density at radius 3 is 2.45 bits per heavy atom. The minimum atomic E-state index is 0.0254. The smallest absolute Gasteiger partial charge is 0.255 e. The Morgan fingerprint density at radius 1 is 1.00 bits per heavy atom. The average molecular weight is 412 g/mol. The normalized spacial score (nSPS) is 14.7. The van der Waals surface area contributed by atoms with E-state index >= 15 is 0 Å². The highest BCUT2D eigenvalue weighted by molar-refractivity contribution is 5.94. The molecule has 31 heavy (non-hydrogen) atoms. The number of carbonyl (C=O) groups is 1. The predicted octanol–water partition coefficient (Wildman–Crippen LogP) is 5.01. The van der Waals surface area contributed by atoms with Gasteiger partial charge >= 0.3 is 0 Å². The fourth-order valence-corrected chi connectivity index (χ4v) is 4.07. The SMILES string of the molecule is CN(c1ccccc1)c1ccc(C(=O)N2CCC(c3nc4ccccc4o3)CC2)cn1. The molecule has 2 aromatic heterocycles. The summed E-state index contributed by atoms with van der Waals surface area (Å²) in [6, 6.07) is 21.6. The van der Waals surface area contributed by atoms with E-state index in [1.807, 2.05) is 83.6 Å². The number of aromatic nitrogens is 2. The molecule has 6 heteroatoms. The Bertz CT molecular complexity index is 1150. The van der Waals surface area contributed by atoms with Crippen LogP contribution in [-0.2, 0) is 0 Å². The van der Waals surface area contributed by atoms with Gasteiger partial charge in [0.2, 0.25) is 0 Å². The first kappa shape index (κ1) is 19.3. The number of amides is 1. The highest BCUT2D eigenvalue weighted by Crippen LogP contribution is 2.30. The summed E-state index contributed by atoms with van der Waals surface area (Å²) in [5.41, 5.74) is 3.38. The molecular formula is C25H24N4O2. The van der Waals surface area contributed by atoms with E-state index in [9.17, 15) is 4.79 Å². The number of nitrogens with zero attached hydrogens (tertiary/aromatic N) is 4. The summed E-state index contributed by atoms with van der Waals surface area (Å²) >= 11 is 0. The zero-order valence-corrected chi connectivity index (χ0v) is 17.4. The molecule has 0 radical (unpaired) electrons. The van der Waals surface area contributed by atoms with Gasteiger partial charge in [-0.15, -0.1) is 0 Å². The van der Waals surface area contributed by atoms with Crippen LogP contribution in [0.5, 0.6) is 0 Å². The topological polar surface area (TPSA) is 62.5 Å². The summed E-state index contributed by atoms with van der Waals surface area (Å²) in [6.07, 6.45) is 3.37. The maximum absolute atomic E-state index is 13.0. The van der Waals surface area contributed by atoms with Crippen molar-refractivity contribution in [2.24, 2.45) is 0 Å². The number of piperidine rings is 1. The van der Waals surface area contributed by atoms with Gasteiger partial charge in [0.15, 0.2) is 11.5 Å². The molecule has 1 fully saturated rings. The Labute approximate surface area is 181 Å². The standard InChI is InChI=1S/C25H24N4O2/c1-28(20-7-3-2-4-8-20)23-12-11-19(17-26-23)25(30)29-15-13-18(14-16-29)24-27-21-9-5-6-10-22(21)31-24/h2-12,17-18H,13-16H2,1H3. The Balaban J connectivity index is 1.23. The van der Waals surface area contributed by atoms with Crippen molar-refractivity contribution in [3.8, 4) is 0 Å². The number of carbonyl (C=O) groups excluding carboxylic acids is 1. The predicted molar refractivity (Wildman–Crippen MR) is 121 cm³/mol. The largest absolute Gasteiger partial charge is 0.440 e. The van der Waals surface area contributed by atoms with Crippen molar-refractivity contribution in [1.29, 1.82) is 0 Å². The summed E-state index contributed by atoms with van der Waals surface area (Å²) in [6.45, 7) is 1.38. The van der Waals surface area contributed by atoms with Gasteiger partial charge in [-0.25, -0.2) is 9.97 Å². The van der Waals surface area contributed by atoms with Crippen LogP contribution in [0, 0.1) is 0 Å². The summed E-state index contributed by atoms with van der Waals surface area (Å²) in [5.74, 6) is 1.86. The van der Waals surface area contributed by atoms with Crippen LogP contribution in [0.1, 0.15) is 35.0 Å². The van der Waals surface area contributed by atoms with E-state index in [1.54, 1.807) is 6.20 Å². The van der Waals surface area contributed by atoms with E-state index in [4.69, 9.17) is 4.42 Å². The highest BCUT2D eigenvalue weighted by Gasteiger charge is 2.27. The highest BCUT2D eigenvalue weighted by atomic mass is 16.3. The molecule has 156 valence electrons. The van der Waals surface area contributed by atoms with Crippen LogP contribution in [0.25, 0.3) is 11.1 Å². The van der Waals surface area contributed by atoms with Gasteiger partial charge in [-0.05, 0) is 49.2 Å². The van der Waals surface area contributed by atoms with Gasteiger partial charge in [-0.1, -0.05) is 30.3 Å². The third-order valence-corrected chi connectivity index (χ3v) is 5.92. The molecule has 0 aliphatic carbocycles. The lowest BCUT2D eigenvalue weighted by Gasteiger charge is -2.30. The third kappa shape index (κ3) is 3.89. The van der Waals surface area contributed by atoms with Gasteiger partial charge in [-0.2, -0.15) is 0 Å². The monoisotopic (exact) mass is 412 g/mol. The molecule has 3 heterocycles. The lowest BCUT2D eigenvalue weighted by atomic mass is 9.96. The average Bonchev–Trinajstić information content (AvgIpc) is 3.28. The molecule has 0 spiro atoms. The van der Waals surface area contributed by atoms with Gasteiger partial charge < -0.3 is 14.2 Å². The molecule has 0 bridgehead atoms. The first-order chi connectivity index (χ1) is 15.2. The van der Waals surface area contributed by atoms with Crippen molar-refractivity contribution in [2.45, 2.75) is 18.8 Å². The maximum Gasteiger partial charge on any atom is 0.255 e. The second kappa shape index (κ2) is 8.22. The van der Waals surface area contributed by atoms with Crippen molar-refractivity contribution in [3.63, 3.8) is 0 Å². The molecule has 0 unspecified atom stereocenters. The van der Waals surface area contributed by atoms with Crippen LogP contribution in [0.15, 0.2) is 77.3 Å². The summed E-state index contributed by atoms with van der Waals surface area (Å²) < 4.78 is 5.93. The molecule has 1 saturated heterocycles. The first-order valence-electron chi connectivity index (χ1n) is 10.6. The number of rotatable bonds is 4. The van der Waals surface area contributed by atoms with Gasteiger partial charge in [-0.3, -0.25) is 4.79 Å². The van der Waals surface area contributed by atoms with Crippen LogP contribution in [0.2, 0.25) is 0 Å². The molecule has 0 atom stereocenters. The summed E-state index contributed by atoms with van der Waals surface area (Å²) in [4.78, 5) is 26.0. The second-order valence-corrected chi connectivity index (χ2v) is 7.89. The van der Waals surface area contributed by atoms with Gasteiger partial charge in [0.05, 0.1) is 5.56 Å².